The molecule has 2 N–H and O–H groups in total. The molecule has 1 aromatic carbocycles. The number of nitrogens with zero attached hydrogens (tertiary/aromatic N) is 5. The second-order valence-corrected chi connectivity index (χ2v) is 8.02. The van der Waals surface area contributed by atoms with Crippen LogP contribution in [-0.4, -0.2) is 36.3 Å². The smallest absolute Gasteiger partial charge is 0.291 e. The van der Waals surface area contributed by atoms with Crippen LogP contribution >= 0.6 is 11.6 Å². The predicted octanol–water partition coefficient (Wildman–Crippen LogP) is 3.07. The van der Waals surface area contributed by atoms with E-state index >= 15 is 0 Å². The molecule has 36 heavy (non-hydrogen) atoms. The van der Waals surface area contributed by atoms with Gasteiger partial charge in [0.05, 0.1) is 28.0 Å². The molecule has 186 valence electrons. The summed E-state index contributed by atoms with van der Waals surface area (Å²) >= 11 is 6.02. The minimum atomic E-state index is -0.594. The molecule has 0 unspecified atom stereocenters. The molecule has 0 spiro atoms. The van der Waals surface area contributed by atoms with Crippen LogP contribution in [0.1, 0.15) is 32.4 Å². The van der Waals surface area contributed by atoms with Crippen LogP contribution in [-0.2, 0) is 27.2 Å². The van der Waals surface area contributed by atoms with Crippen molar-refractivity contribution < 1.29 is 23.7 Å². The number of non-ortho nitro benzene ring substituents is 1. The summed E-state index contributed by atoms with van der Waals surface area (Å²) in [6.45, 7) is 0.186. The number of carbonyl (C=O) groups excluding carboxylic acids is 2. The van der Waals surface area contributed by atoms with Crippen LogP contribution in [0.15, 0.2) is 53.3 Å². The van der Waals surface area contributed by atoms with Gasteiger partial charge in [-0.1, -0.05) is 11.6 Å². The summed E-state index contributed by atoms with van der Waals surface area (Å²) in [6.07, 6.45) is 4.78. The topological polar surface area (TPSA) is 159 Å². The lowest BCUT2D eigenvalue weighted by Crippen LogP contribution is -2.26. The fraction of sp³-hybridized carbons (Fsp3) is 0.182. The molecule has 0 aliphatic rings. The first kappa shape index (κ1) is 24.5. The zero-order valence-electron chi connectivity index (χ0n) is 19.1. The quantitative estimate of drug-likeness (QED) is 0.255. The molecule has 0 saturated carbocycles. The first-order valence-corrected chi connectivity index (χ1v) is 10.8. The second kappa shape index (κ2) is 10.3. The van der Waals surface area contributed by atoms with Crippen molar-refractivity contribution >= 4 is 34.8 Å². The maximum Gasteiger partial charge on any atom is 0.291 e. The summed E-state index contributed by atoms with van der Waals surface area (Å²) in [4.78, 5) is 35.7. The van der Waals surface area contributed by atoms with Gasteiger partial charge in [-0.3, -0.25) is 29.1 Å². The van der Waals surface area contributed by atoms with Crippen LogP contribution < -0.4 is 15.4 Å². The van der Waals surface area contributed by atoms with Crippen molar-refractivity contribution in [1.82, 2.24) is 24.9 Å². The lowest BCUT2D eigenvalue weighted by Gasteiger charge is -2.08. The third-order valence-corrected chi connectivity index (χ3v) is 5.29. The lowest BCUT2D eigenvalue weighted by molar-refractivity contribution is -0.384. The standard InChI is InChI=1S/C22H20ClN7O6/c1-28-11-13(9-25-28)8-24-22(32)20-17(10-26-29(20)2)27-21(31)19-6-4-15(36-19)12-35-18-5-3-14(30(33)34)7-16(18)23/h3-7,9-11H,8,12H2,1-2H3,(H,24,32)(H,27,31). The monoisotopic (exact) mass is 513 g/mol. The minimum absolute atomic E-state index is 0.0195. The van der Waals surface area contributed by atoms with Crippen molar-refractivity contribution in [1.29, 1.82) is 0 Å². The Bertz CT molecular complexity index is 1440. The van der Waals surface area contributed by atoms with Gasteiger partial charge in [-0.2, -0.15) is 10.2 Å². The van der Waals surface area contributed by atoms with E-state index < -0.39 is 16.7 Å². The Labute approximate surface area is 208 Å². The van der Waals surface area contributed by atoms with E-state index in [4.69, 9.17) is 20.8 Å². The molecule has 3 heterocycles. The van der Waals surface area contributed by atoms with E-state index in [2.05, 4.69) is 20.8 Å². The number of rotatable bonds is 9. The Hall–Kier alpha value is -4.65. The maximum atomic E-state index is 12.7. The average Bonchev–Trinajstić information content (AvgIpc) is 3.57. The molecule has 0 radical (unpaired) electrons. The van der Waals surface area contributed by atoms with Gasteiger partial charge < -0.3 is 19.8 Å². The van der Waals surface area contributed by atoms with E-state index in [1.165, 1.54) is 35.1 Å². The van der Waals surface area contributed by atoms with E-state index in [0.29, 0.717) is 5.76 Å². The molecule has 4 aromatic rings. The van der Waals surface area contributed by atoms with E-state index in [-0.39, 0.29) is 46.8 Å². The number of aryl methyl sites for hydroxylation is 2. The van der Waals surface area contributed by atoms with Crippen LogP contribution in [0.5, 0.6) is 5.75 Å². The number of ether oxygens (including phenoxy) is 1. The van der Waals surface area contributed by atoms with Crippen LogP contribution in [0.25, 0.3) is 0 Å². The average molecular weight is 514 g/mol. The molecule has 3 aromatic heterocycles. The Morgan fingerprint density at radius 2 is 1.97 bits per heavy atom. The van der Waals surface area contributed by atoms with Crippen molar-refractivity contribution in [2.45, 2.75) is 13.2 Å². The minimum Gasteiger partial charge on any atom is -0.484 e. The molecule has 4 rings (SSSR count). The zero-order chi connectivity index (χ0) is 25.8. The maximum absolute atomic E-state index is 12.7. The highest BCUT2D eigenvalue weighted by molar-refractivity contribution is 6.32. The highest BCUT2D eigenvalue weighted by atomic mass is 35.5. The largest absolute Gasteiger partial charge is 0.484 e. The van der Waals surface area contributed by atoms with Crippen molar-refractivity contribution in [2.24, 2.45) is 14.1 Å². The molecule has 13 nitrogen and oxygen atoms in total. The van der Waals surface area contributed by atoms with Gasteiger partial charge >= 0.3 is 0 Å². The number of nitro groups is 1. The van der Waals surface area contributed by atoms with E-state index in [1.807, 2.05) is 0 Å². The first-order chi connectivity index (χ1) is 17.2. The SMILES string of the molecule is Cn1cc(CNC(=O)c2c(NC(=O)c3ccc(COc4ccc([N+](=O)[O-])cc4Cl)o3)cnn2C)cn1. The fourth-order valence-corrected chi connectivity index (χ4v) is 3.49. The third-order valence-electron chi connectivity index (χ3n) is 5.00. The number of carbonyl (C=O) groups is 2. The predicted molar refractivity (Wildman–Crippen MR) is 127 cm³/mol. The van der Waals surface area contributed by atoms with Crippen molar-refractivity contribution in [3.8, 4) is 5.75 Å². The number of halogens is 1. The molecular weight excluding hydrogens is 494 g/mol. The van der Waals surface area contributed by atoms with E-state index in [1.54, 1.807) is 37.2 Å². The van der Waals surface area contributed by atoms with E-state index in [0.717, 1.165) is 5.56 Å². The van der Waals surface area contributed by atoms with Gasteiger partial charge in [0.1, 0.15) is 23.8 Å². The Balaban J connectivity index is 1.38. The molecule has 0 aliphatic heterocycles. The van der Waals surface area contributed by atoms with Crippen LogP contribution in [0.4, 0.5) is 11.4 Å². The summed E-state index contributed by atoms with van der Waals surface area (Å²) in [5.41, 5.74) is 1.02. The van der Waals surface area contributed by atoms with Gasteiger partial charge in [0.15, 0.2) is 5.76 Å². The molecular formula is C22H20ClN7O6. The Kier molecular flexibility index (Phi) is 7.01. The Morgan fingerprint density at radius 3 is 2.67 bits per heavy atom. The van der Waals surface area contributed by atoms with Crippen LogP contribution in [0, 0.1) is 10.1 Å². The summed E-state index contributed by atoms with van der Waals surface area (Å²) < 4.78 is 14.0. The summed E-state index contributed by atoms with van der Waals surface area (Å²) in [5, 5.41) is 24.4. The number of amides is 2. The van der Waals surface area contributed by atoms with Crippen molar-refractivity contribution in [3.63, 3.8) is 0 Å². The molecule has 0 saturated heterocycles. The second-order valence-electron chi connectivity index (χ2n) is 7.62. The van der Waals surface area contributed by atoms with Gasteiger partial charge in [0, 0.05) is 44.5 Å². The highest BCUT2D eigenvalue weighted by Gasteiger charge is 2.21. The molecule has 0 bridgehead atoms. The van der Waals surface area contributed by atoms with Crippen LogP contribution in [0.2, 0.25) is 5.02 Å². The third kappa shape index (κ3) is 5.52. The molecule has 0 atom stereocenters. The lowest BCUT2D eigenvalue weighted by atomic mass is 10.3. The van der Waals surface area contributed by atoms with Gasteiger partial charge in [0.2, 0.25) is 0 Å². The number of hydrogen-bond donors (Lipinski definition) is 2. The Morgan fingerprint density at radius 1 is 1.17 bits per heavy atom. The highest BCUT2D eigenvalue weighted by Crippen LogP contribution is 2.29. The van der Waals surface area contributed by atoms with E-state index in [9.17, 15) is 19.7 Å². The van der Waals surface area contributed by atoms with Gasteiger partial charge in [0.25, 0.3) is 17.5 Å². The summed E-state index contributed by atoms with van der Waals surface area (Å²) in [7, 11) is 3.36. The number of anilines is 1. The summed E-state index contributed by atoms with van der Waals surface area (Å²) in [5.74, 6) is -0.502. The normalized spacial score (nSPS) is 10.8. The summed E-state index contributed by atoms with van der Waals surface area (Å²) in [6, 6.07) is 6.81. The van der Waals surface area contributed by atoms with Crippen molar-refractivity contribution in [2.75, 3.05) is 5.32 Å². The first-order valence-electron chi connectivity index (χ1n) is 10.5. The van der Waals surface area contributed by atoms with Crippen molar-refractivity contribution in [3.05, 3.63) is 86.8 Å². The van der Waals surface area contributed by atoms with Gasteiger partial charge in [-0.05, 0) is 18.2 Å². The number of nitro benzene ring substituents is 1. The van der Waals surface area contributed by atoms with Crippen LogP contribution in [0.3, 0.4) is 0 Å². The number of benzene rings is 1. The van der Waals surface area contributed by atoms with Gasteiger partial charge in [-0.15, -0.1) is 0 Å². The molecule has 0 fully saturated rings. The number of hydrogen-bond acceptors (Lipinski definition) is 8. The fourth-order valence-electron chi connectivity index (χ4n) is 3.26. The number of furan rings is 1. The zero-order valence-corrected chi connectivity index (χ0v) is 19.9. The van der Waals surface area contributed by atoms with Gasteiger partial charge in [-0.25, -0.2) is 0 Å². The molecule has 0 aliphatic carbocycles. The molecule has 14 heteroatoms. The number of aromatic nitrogens is 4. The number of nitrogens with one attached hydrogen (secondary N) is 2. The molecule has 2 amide bonds.